The Morgan fingerprint density at radius 3 is 1.30 bits per heavy atom. The predicted octanol–water partition coefficient (Wildman–Crippen LogP) is 7.80. The van der Waals surface area contributed by atoms with Crippen LogP contribution in [0.5, 0.6) is 11.5 Å². The van der Waals surface area contributed by atoms with Gasteiger partial charge in [-0.2, -0.15) is 0 Å². The van der Waals surface area contributed by atoms with Gasteiger partial charge in [-0.3, -0.25) is 0 Å². The topological polar surface area (TPSA) is 58.9 Å². The Morgan fingerprint density at radius 1 is 0.425 bits per heavy atom. The highest BCUT2D eigenvalue weighted by Crippen LogP contribution is 2.45. The fraction of sp³-hybridized carbons (Fsp3) is 0.111. The number of hydrogen-bond donors (Lipinski definition) is 2. The van der Waals surface area contributed by atoms with Crippen LogP contribution in [-0.4, -0.2) is 10.2 Å². The molecule has 0 heterocycles. The summed E-state index contributed by atoms with van der Waals surface area (Å²) in [5, 5.41) is 23.5. The largest absolute Gasteiger partial charge is 0.488 e. The van der Waals surface area contributed by atoms with Gasteiger partial charge in [0.2, 0.25) is 0 Å². The number of aliphatic hydroxyl groups is 2. The zero-order valence-electron chi connectivity index (χ0n) is 22.1. The summed E-state index contributed by atoms with van der Waals surface area (Å²) in [7, 11) is 0. The van der Waals surface area contributed by atoms with Gasteiger partial charge in [0, 0.05) is 11.1 Å². The Morgan fingerprint density at radius 2 is 0.850 bits per heavy atom. The maximum absolute atomic E-state index is 9.58. The van der Waals surface area contributed by atoms with Crippen LogP contribution in [0.25, 0.3) is 32.7 Å². The van der Waals surface area contributed by atoms with E-state index in [0.717, 1.165) is 66.4 Å². The normalized spacial score (nSPS) is 11.2. The minimum atomic E-state index is -0.00696. The first-order chi connectivity index (χ1) is 19.7. The summed E-state index contributed by atoms with van der Waals surface area (Å²) in [6.45, 7) is 0.724. The molecule has 6 rings (SSSR count). The zero-order valence-corrected chi connectivity index (χ0v) is 22.1. The fourth-order valence-electron chi connectivity index (χ4n) is 5.22. The molecule has 4 nitrogen and oxygen atoms in total. The second-order valence-corrected chi connectivity index (χ2v) is 9.85. The summed E-state index contributed by atoms with van der Waals surface area (Å²) >= 11 is 0. The molecule has 0 aromatic heterocycles. The quantitative estimate of drug-likeness (QED) is 0.202. The zero-order chi connectivity index (χ0) is 27.3. The third-order valence-electron chi connectivity index (χ3n) is 7.17. The van der Waals surface area contributed by atoms with E-state index in [1.807, 2.05) is 84.9 Å². The number of aliphatic hydroxyl groups excluding tert-OH is 2. The Kier molecular flexibility index (Phi) is 7.45. The van der Waals surface area contributed by atoms with Gasteiger partial charge in [0.25, 0.3) is 0 Å². The Labute approximate surface area is 233 Å². The molecule has 6 aromatic rings. The first kappa shape index (κ1) is 25.6. The molecule has 6 aromatic carbocycles. The lowest BCUT2D eigenvalue weighted by molar-refractivity contribution is 0.280. The molecule has 198 valence electrons. The van der Waals surface area contributed by atoms with Crippen molar-refractivity contribution in [1.29, 1.82) is 0 Å². The van der Waals surface area contributed by atoms with Gasteiger partial charge in [-0.25, -0.2) is 0 Å². The first-order valence-corrected chi connectivity index (χ1v) is 13.4. The molecule has 0 aliphatic rings. The molecule has 0 saturated carbocycles. The van der Waals surface area contributed by atoms with E-state index in [2.05, 4.69) is 36.4 Å². The van der Waals surface area contributed by atoms with E-state index in [1.54, 1.807) is 0 Å². The van der Waals surface area contributed by atoms with E-state index in [1.165, 1.54) is 0 Å². The minimum absolute atomic E-state index is 0.00696. The highest BCUT2D eigenvalue weighted by molar-refractivity contribution is 6.09. The van der Waals surface area contributed by atoms with Crippen molar-refractivity contribution >= 4 is 21.5 Å². The molecule has 0 fully saturated rings. The van der Waals surface area contributed by atoms with Gasteiger partial charge in [0.05, 0.1) is 13.2 Å². The third kappa shape index (κ3) is 5.28. The van der Waals surface area contributed by atoms with Crippen molar-refractivity contribution in [3.63, 3.8) is 0 Å². The number of benzene rings is 6. The van der Waals surface area contributed by atoms with Gasteiger partial charge in [0.1, 0.15) is 24.7 Å². The van der Waals surface area contributed by atoms with Crippen LogP contribution < -0.4 is 9.47 Å². The van der Waals surface area contributed by atoms with E-state index in [0.29, 0.717) is 13.2 Å². The number of rotatable bonds is 9. The molecule has 0 bridgehead atoms. The van der Waals surface area contributed by atoms with Crippen LogP contribution in [0.4, 0.5) is 0 Å². The van der Waals surface area contributed by atoms with Gasteiger partial charge >= 0.3 is 0 Å². The average molecular weight is 527 g/mol. The monoisotopic (exact) mass is 526 g/mol. The number of ether oxygens (including phenoxy) is 2. The molecular weight excluding hydrogens is 496 g/mol. The summed E-state index contributed by atoms with van der Waals surface area (Å²) in [5.74, 6) is 1.52. The summed E-state index contributed by atoms with van der Waals surface area (Å²) in [6, 6.07) is 40.5. The van der Waals surface area contributed by atoms with Crippen molar-refractivity contribution in [3.05, 3.63) is 144 Å². The predicted molar refractivity (Wildman–Crippen MR) is 160 cm³/mol. The first-order valence-electron chi connectivity index (χ1n) is 13.4. The highest BCUT2D eigenvalue weighted by Gasteiger charge is 2.19. The molecule has 2 N–H and O–H groups in total. The van der Waals surface area contributed by atoms with Crippen LogP contribution in [0.15, 0.2) is 121 Å². The van der Waals surface area contributed by atoms with Crippen molar-refractivity contribution < 1.29 is 19.7 Å². The van der Waals surface area contributed by atoms with Gasteiger partial charge < -0.3 is 19.7 Å². The molecule has 0 radical (unpaired) electrons. The lowest BCUT2D eigenvalue weighted by atomic mass is 9.92. The molecule has 0 aliphatic carbocycles. The van der Waals surface area contributed by atoms with E-state index in [9.17, 15) is 10.2 Å². The summed E-state index contributed by atoms with van der Waals surface area (Å²) < 4.78 is 13.0. The Bertz CT molecular complexity index is 1660. The molecule has 0 atom stereocenters. The molecule has 40 heavy (non-hydrogen) atoms. The fourth-order valence-corrected chi connectivity index (χ4v) is 5.22. The summed E-state index contributed by atoms with van der Waals surface area (Å²) in [5.41, 5.74) is 5.65. The van der Waals surface area contributed by atoms with Gasteiger partial charge in [0.15, 0.2) is 0 Å². The smallest absolute Gasteiger partial charge is 0.128 e. The maximum atomic E-state index is 9.58. The van der Waals surface area contributed by atoms with Crippen molar-refractivity contribution in [2.24, 2.45) is 0 Å². The molecule has 0 spiro atoms. The van der Waals surface area contributed by atoms with Crippen LogP contribution in [0.3, 0.4) is 0 Å². The molecular formula is C36H30O4. The molecule has 0 aliphatic heterocycles. The van der Waals surface area contributed by atoms with E-state index >= 15 is 0 Å². The van der Waals surface area contributed by atoms with Crippen molar-refractivity contribution in [2.45, 2.75) is 26.4 Å². The maximum Gasteiger partial charge on any atom is 0.128 e. The minimum Gasteiger partial charge on any atom is -0.488 e. The van der Waals surface area contributed by atoms with Crippen molar-refractivity contribution in [3.8, 4) is 22.6 Å². The van der Waals surface area contributed by atoms with Crippen molar-refractivity contribution in [2.75, 3.05) is 0 Å². The Hall–Kier alpha value is -4.64. The SMILES string of the molecule is OCc1cccc(COc2ccc3ccccc3c2-c2c(OCc3cccc(CO)c3)ccc3ccccc23)c1. The second kappa shape index (κ2) is 11.6. The van der Waals surface area contributed by atoms with Crippen LogP contribution in [0, 0.1) is 0 Å². The second-order valence-electron chi connectivity index (χ2n) is 9.85. The van der Waals surface area contributed by atoms with Gasteiger partial charge in [-0.15, -0.1) is 0 Å². The van der Waals surface area contributed by atoms with Gasteiger partial charge in [-0.05, 0) is 55.9 Å². The lowest BCUT2D eigenvalue weighted by Crippen LogP contribution is -2.01. The summed E-state index contributed by atoms with van der Waals surface area (Å²) in [4.78, 5) is 0. The van der Waals surface area contributed by atoms with Crippen LogP contribution in [0.1, 0.15) is 22.3 Å². The number of hydrogen-bond acceptors (Lipinski definition) is 4. The Balaban J connectivity index is 1.49. The van der Waals surface area contributed by atoms with E-state index in [-0.39, 0.29) is 13.2 Å². The third-order valence-corrected chi connectivity index (χ3v) is 7.17. The van der Waals surface area contributed by atoms with Crippen molar-refractivity contribution in [1.82, 2.24) is 0 Å². The number of fused-ring (bicyclic) bond motifs is 2. The molecule has 4 heteroatoms. The summed E-state index contributed by atoms with van der Waals surface area (Å²) in [6.07, 6.45) is 0. The van der Waals surface area contributed by atoms with Crippen LogP contribution in [0.2, 0.25) is 0 Å². The lowest BCUT2D eigenvalue weighted by Gasteiger charge is -2.20. The van der Waals surface area contributed by atoms with Crippen LogP contribution >= 0.6 is 0 Å². The van der Waals surface area contributed by atoms with Crippen LogP contribution in [-0.2, 0) is 26.4 Å². The molecule has 0 unspecified atom stereocenters. The average Bonchev–Trinajstić information content (AvgIpc) is 3.02. The molecule has 0 amide bonds. The van der Waals surface area contributed by atoms with E-state index in [4.69, 9.17) is 9.47 Å². The highest BCUT2D eigenvalue weighted by atomic mass is 16.5. The van der Waals surface area contributed by atoms with E-state index < -0.39 is 0 Å². The standard InChI is InChI=1S/C36H30O4/c37-21-25-7-5-9-27(19-25)23-39-33-17-15-29-11-1-3-13-31(29)35(33)36-32-14-4-2-12-30(32)16-18-34(36)40-24-28-10-6-8-26(20-28)22-38/h1-20,37-38H,21-24H2. The molecule has 0 saturated heterocycles. The van der Waals surface area contributed by atoms with Gasteiger partial charge in [-0.1, -0.05) is 109 Å².